The van der Waals surface area contributed by atoms with Crippen molar-refractivity contribution in [3.05, 3.63) is 48.5 Å². The third kappa shape index (κ3) is 5.50. The fourth-order valence-electron chi connectivity index (χ4n) is 3.77. The van der Waals surface area contributed by atoms with Crippen molar-refractivity contribution in [1.82, 2.24) is 19.7 Å². The molecule has 174 valence electrons. The highest BCUT2D eigenvalue weighted by molar-refractivity contribution is 7.99. The van der Waals surface area contributed by atoms with Crippen LogP contribution in [0.3, 0.4) is 0 Å². The predicted octanol–water partition coefficient (Wildman–Crippen LogP) is 4.90. The van der Waals surface area contributed by atoms with Gasteiger partial charge in [0.1, 0.15) is 0 Å². The Hall–Kier alpha value is -3.00. The van der Waals surface area contributed by atoms with Crippen molar-refractivity contribution < 1.29 is 14.3 Å². The summed E-state index contributed by atoms with van der Waals surface area (Å²) in [5.74, 6) is 3.38. The lowest BCUT2D eigenvalue weighted by Crippen LogP contribution is -2.38. The number of thioether (sulfide) groups is 1. The summed E-state index contributed by atoms with van der Waals surface area (Å²) in [7, 11) is 0. The Morgan fingerprint density at radius 2 is 1.70 bits per heavy atom. The van der Waals surface area contributed by atoms with Gasteiger partial charge in [-0.25, -0.2) is 0 Å². The molecule has 3 aromatic rings. The summed E-state index contributed by atoms with van der Waals surface area (Å²) in [6.07, 6.45) is 0. The Morgan fingerprint density at radius 1 is 1.00 bits per heavy atom. The molecule has 33 heavy (non-hydrogen) atoms. The van der Waals surface area contributed by atoms with Crippen molar-refractivity contribution in [1.29, 1.82) is 0 Å². The number of para-hydroxylation sites is 1. The van der Waals surface area contributed by atoms with Crippen LogP contribution in [0.4, 0.5) is 0 Å². The molecule has 0 saturated heterocycles. The van der Waals surface area contributed by atoms with Gasteiger partial charge in [-0.1, -0.05) is 57.7 Å². The second kappa shape index (κ2) is 10.3. The maximum absolute atomic E-state index is 13.1. The van der Waals surface area contributed by atoms with Crippen molar-refractivity contribution in [3.8, 4) is 28.6 Å². The van der Waals surface area contributed by atoms with Gasteiger partial charge in [0.25, 0.3) is 0 Å². The molecule has 0 saturated carbocycles. The molecule has 2 heterocycles. The Balaban J connectivity index is 1.61. The molecule has 1 aliphatic heterocycles. The fraction of sp³-hybridized carbons (Fsp3) is 0.400. The van der Waals surface area contributed by atoms with Crippen LogP contribution in [-0.2, 0) is 4.79 Å². The van der Waals surface area contributed by atoms with E-state index in [1.165, 1.54) is 11.8 Å². The summed E-state index contributed by atoms with van der Waals surface area (Å²) in [6.45, 7) is 10.3. The van der Waals surface area contributed by atoms with Gasteiger partial charge >= 0.3 is 0 Å². The quantitative estimate of drug-likeness (QED) is 0.418. The highest BCUT2D eigenvalue weighted by Gasteiger charge is 2.22. The number of nitrogens with zero attached hydrogens (tertiary/aromatic N) is 4. The van der Waals surface area contributed by atoms with Crippen LogP contribution in [0.25, 0.3) is 17.1 Å². The van der Waals surface area contributed by atoms with Crippen molar-refractivity contribution in [2.75, 3.05) is 25.6 Å². The first-order chi connectivity index (χ1) is 15.9. The molecule has 2 aromatic carbocycles. The lowest BCUT2D eigenvalue weighted by molar-refractivity contribution is -0.129. The molecule has 0 fully saturated rings. The van der Waals surface area contributed by atoms with Gasteiger partial charge < -0.3 is 14.4 Å². The smallest absolute Gasteiger partial charge is 0.233 e. The van der Waals surface area contributed by atoms with E-state index in [-0.39, 0.29) is 12.7 Å². The van der Waals surface area contributed by atoms with Crippen LogP contribution in [0, 0.1) is 11.8 Å². The minimum Gasteiger partial charge on any atom is -0.454 e. The van der Waals surface area contributed by atoms with Gasteiger partial charge in [-0.05, 0) is 42.2 Å². The number of aromatic nitrogens is 3. The molecule has 1 amide bonds. The Labute approximate surface area is 199 Å². The molecular formula is C25H30N4O3S. The summed E-state index contributed by atoms with van der Waals surface area (Å²) >= 11 is 1.42. The topological polar surface area (TPSA) is 69.5 Å². The number of benzene rings is 2. The maximum Gasteiger partial charge on any atom is 0.233 e. The molecule has 0 N–H and O–H groups in total. The lowest BCUT2D eigenvalue weighted by Gasteiger charge is -2.26. The van der Waals surface area contributed by atoms with Gasteiger partial charge in [-0.2, -0.15) is 0 Å². The normalized spacial score (nSPS) is 12.5. The summed E-state index contributed by atoms with van der Waals surface area (Å²) in [5.41, 5.74) is 1.81. The first-order valence-electron chi connectivity index (χ1n) is 11.2. The SMILES string of the molecule is CC(C)CN(CC(C)C)C(=O)CSc1nnc(-c2ccc3c(c2)OCO3)n1-c1ccccc1. The zero-order valence-electron chi connectivity index (χ0n) is 19.5. The monoisotopic (exact) mass is 466 g/mol. The van der Waals surface area contributed by atoms with Gasteiger partial charge in [0.15, 0.2) is 22.5 Å². The van der Waals surface area contributed by atoms with E-state index in [1.807, 2.05) is 58.0 Å². The second-order valence-corrected chi connectivity index (χ2v) is 9.86. The van der Waals surface area contributed by atoms with Crippen molar-refractivity contribution in [2.24, 2.45) is 11.8 Å². The molecule has 0 radical (unpaired) electrons. The first-order valence-corrected chi connectivity index (χ1v) is 12.2. The van der Waals surface area contributed by atoms with E-state index < -0.39 is 0 Å². The molecule has 0 aliphatic carbocycles. The van der Waals surface area contributed by atoms with Crippen LogP contribution in [0.1, 0.15) is 27.7 Å². The molecule has 4 rings (SSSR count). The Kier molecular flexibility index (Phi) is 7.23. The van der Waals surface area contributed by atoms with E-state index in [9.17, 15) is 4.79 Å². The van der Waals surface area contributed by atoms with Crippen LogP contribution in [0.5, 0.6) is 11.5 Å². The number of rotatable bonds is 9. The largest absolute Gasteiger partial charge is 0.454 e. The van der Waals surface area contributed by atoms with Crippen LogP contribution >= 0.6 is 11.8 Å². The maximum atomic E-state index is 13.1. The highest BCUT2D eigenvalue weighted by atomic mass is 32.2. The first kappa shape index (κ1) is 23.2. The molecule has 0 spiro atoms. The van der Waals surface area contributed by atoms with Crippen LogP contribution in [0.15, 0.2) is 53.7 Å². The van der Waals surface area contributed by atoms with Crippen molar-refractivity contribution >= 4 is 17.7 Å². The van der Waals surface area contributed by atoms with Crippen LogP contribution < -0.4 is 9.47 Å². The highest BCUT2D eigenvalue weighted by Crippen LogP contribution is 2.37. The van der Waals surface area contributed by atoms with Gasteiger partial charge in [0.05, 0.1) is 5.75 Å². The number of ether oxygens (including phenoxy) is 2. The molecule has 0 unspecified atom stereocenters. The van der Waals surface area contributed by atoms with Crippen molar-refractivity contribution in [2.45, 2.75) is 32.9 Å². The van der Waals surface area contributed by atoms with Crippen LogP contribution in [0.2, 0.25) is 0 Å². The molecule has 0 bridgehead atoms. The number of amides is 1. The summed E-state index contributed by atoms with van der Waals surface area (Å²) < 4.78 is 13.0. The molecule has 7 nitrogen and oxygen atoms in total. The average Bonchev–Trinajstić information content (AvgIpc) is 3.43. The zero-order chi connectivity index (χ0) is 23.4. The number of fused-ring (bicyclic) bond motifs is 1. The van der Waals surface area contributed by atoms with Crippen molar-refractivity contribution in [3.63, 3.8) is 0 Å². The van der Waals surface area contributed by atoms with E-state index in [1.54, 1.807) is 0 Å². The summed E-state index contributed by atoms with van der Waals surface area (Å²) in [4.78, 5) is 15.0. The fourth-order valence-corrected chi connectivity index (χ4v) is 4.63. The lowest BCUT2D eigenvalue weighted by atomic mass is 10.1. The summed E-state index contributed by atoms with van der Waals surface area (Å²) in [6, 6.07) is 15.7. The standard InChI is InChI=1S/C25H30N4O3S/c1-17(2)13-28(14-18(3)4)23(30)15-33-25-27-26-24(29(25)20-8-6-5-7-9-20)19-10-11-21-22(12-19)32-16-31-21/h5-12,17-18H,13-16H2,1-4H3. The van der Waals surface area contributed by atoms with E-state index in [2.05, 4.69) is 37.9 Å². The minimum absolute atomic E-state index is 0.120. The second-order valence-electron chi connectivity index (χ2n) is 8.92. The number of carbonyl (C=O) groups is 1. The summed E-state index contributed by atoms with van der Waals surface area (Å²) in [5, 5.41) is 9.60. The Morgan fingerprint density at radius 3 is 2.39 bits per heavy atom. The minimum atomic E-state index is 0.120. The third-order valence-electron chi connectivity index (χ3n) is 5.13. The number of carbonyl (C=O) groups excluding carboxylic acids is 1. The molecular weight excluding hydrogens is 436 g/mol. The van der Waals surface area contributed by atoms with Gasteiger partial charge in [0, 0.05) is 24.3 Å². The molecule has 1 aliphatic rings. The van der Waals surface area contributed by atoms with E-state index >= 15 is 0 Å². The predicted molar refractivity (Wildman–Crippen MR) is 130 cm³/mol. The van der Waals surface area contributed by atoms with Gasteiger partial charge in [-0.3, -0.25) is 9.36 Å². The van der Waals surface area contributed by atoms with E-state index in [4.69, 9.17) is 9.47 Å². The molecule has 8 heteroatoms. The molecule has 0 atom stereocenters. The molecule has 1 aromatic heterocycles. The third-order valence-corrected chi connectivity index (χ3v) is 6.04. The van der Waals surface area contributed by atoms with Crippen LogP contribution in [-0.4, -0.2) is 51.2 Å². The van der Waals surface area contributed by atoms with E-state index in [0.717, 1.165) is 30.1 Å². The number of hydrogen-bond acceptors (Lipinski definition) is 6. The van der Waals surface area contributed by atoms with Gasteiger partial charge in [0.2, 0.25) is 12.7 Å². The Bertz CT molecular complexity index is 1090. The van der Waals surface area contributed by atoms with Gasteiger partial charge in [-0.15, -0.1) is 10.2 Å². The number of hydrogen-bond donors (Lipinski definition) is 0. The average molecular weight is 467 g/mol. The van der Waals surface area contributed by atoms with E-state index in [0.29, 0.717) is 34.3 Å². The zero-order valence-corrected chi connectivity index (χ0v) is 20.3.